The lowest BCUT2D eigenvalue weighted by Gasteiger charge is -2.39. The summed E-state index contributed by atoms with van der Waals surface area (Å²) in [5, 5.41) is 11.6. The molecule has 0 radical (unpaired) electrons. The predicted molar refractivity (Wildman–Crippen MR) is 76.2 cm³/mol. The molecular weight excluding hydrogens is 294 g/mol. The molecule has 1 aromatic rings. The minimum atomic E-state index is -3.42. The van der Waals surface area contributed by atoms with Gasteiger partial charge < -0.3 is 9.84 Å². The first-order valence-corrected chi connectivity index (χ1v) is 8.51. The average molecular weight is 311 g/mol. The van der Waals surface area contributed by atoms with E-state index in [0.717, 1.165) is 11.1 Å². The summed E-state index contributed by atoms with van der Waals surface area (Å²) in [6.45, 7) is 0. The maximum absolute atomic E-state index is 12.4. The molecule has 21 heavy (non-hydrogen) atoms. The number of benzene rings is 1. The molecule has 3 unspecified atom stereocenters. The number of aliphatic carboxylic acids is 1. The molecular formula is C14H17NO5S. The molecule has 1 aromatic carbocycles. The fraction of sp³-hybridized carbons (Fsp3) is 0.500. The van der Waals surface area contributed by atoms with Crippen molar-refractivity contribution in [2.24, 2.45) is 0 Å². The van der Waals surface area contributed by atoms with Crippen molar-refractivity contribution < 1.29 is 23.1 Å². The van der Waals surface area contributed by atoms with Crippen LogP contribution in [0.4, 0.5) is 0 Å². The van der Waals surface area contributed by atoms with Crippen molar-refractivity contribution in [1.29, 1.82) is 0 Å². The zero-order valence-electron chi connectivity index (χ0n) is 11.6. The maximum Gasteiger partial charge on any atom is 0.321 e. The van der Waals surface area contributed by atoms with Crippen LogP contribution in [0.25, 0.3) is 0 Å². The number of ether oxygens (including phenoxy) is 1. The quantitative estimate of drug-likeness (QED) is 0.827. The Bertz CT molecular complexity index is 685. The maximum atomic E-state index is 12.4. The van der Waals surface area contributed by atoms with Crippen LogP contribution >= 0.6 is 0 Å². The zero-order valence-corrected chi connectivity index (χ0v) is 12.4. The van der Waals surface area contributed by atoms with Gasteiger partial charge in [-0.2, -0.15) is 0 Å². The number of methoxy groups -OCH3 is 1. The molecule has 114 valence electrons. The highest BCUT2D eigenvalue weighted by Gasteiger charge is 2.46. The molecule has 7 heteroatoms. The topological polar surface area (TPSA) is 92.7 Å². The van der Waals surface area contributed by atoms with Crippen LogP contribution in [0.3, 0.4) is 0 Å². The van der Waals surface area contributed by atoms with Crippen LogP contribution in [0.2, 0.25) is 0 Å². The Morgan fingerprint density at radius 3 is 2.86 bits per heavy atom. The number of hydrogen-bond acceptors (Lipinski definition) is 5. The molecule has 3 rings (SSSR count). The van der Waals surface area contributed by atoms with E-state index in [1.165, 1.54) is 0 Å². The van der Waals surface area contributed by atoms with Gasteiger partial charge in [0.25, 0.3) is 0 Å². The average Bonchev–Trinajstić information content (AvgIpc) is 2.45. The number of carboxylic acids is 1. The lowest BCUT2D eigenvalue weighted by atomic mass is 9.86. The van der Waals surface area contributed by atoms with Crippen LogP contribution in [-0.4, -0.2) is 43.6 Å². The third-order valence-corrected chi connectivity index (χ3v) is 6.53. The molecule has 1 aliphatic heterocycles. The highest BCUT2D eigenvalue weighted by Crippen LogP contribution is 2.38. The van der Waals surface area contributed by atoms with Gasteiger partial charge in [0.15, 0.2) is 9.84 Å². The number of carboxylic acid groups (broad SMARTS) is 1. The van der Waals surface area contributed by atoms with Crippen molar-refractivity contribution in [3.05, 3.63) is 29.3 Å². The third-order valence-electron chi connectivity index (χ3n) is 4.30. The molecule has 1 fully saturated rings. The molecule has 0 aromatic heterocycles. The molecule has 1 aliphatic carbocycles. The van der Waals surface area contributed by atoms with Crippen molar-refractivity contribution in [1.82, 2.24) is 5.32 Å². The van der Waals surface area contributed by atoms with Crippen LogP contribution in [-0.2, 0) is 21.1 Å². The largest absolute Gasteiger partial charge is 0.497 e. The van der Waals surface area contributed by atoms with Crippen molar-refractivity contribution in [2.75, 3.05) is 12.9 Å². The van der Waals surface area contributed by atoms with Crippen molar-refractivity contribution in [2.45, 2.75) is 30.2 Å². The highest BCUT2D eigenvalue weighted by atomic mass is 32.2. The first-order valence-electron chi connectivity index (χ1n) is 6.79. The number of rotatable bonds is 2. The summed E-state index contributed by atoms with van der Waals surface area (Å²) >= 11 is 0. The zero-order chi connectivity index (χ0) is 15.2. The van der Waals surface area contributed by atoms with Gasteiger partial charge in [-0.25, -0.2) is 8.42 Å². The Balaban J connectivity index is 2.06. The Kier molecular flexibility index (Phi) is 3.41. The Labute approximate surface area is 123 Å². The number of aryl methyl sites for hydroxylation is 1. The summed E-state index contributed by atoms with van der Waals surface area (Å²) in [4.78, 5) is 11.2. The van der Waals surface area contributed by atoms with Gasteiger partial charge >= 0.3 is 5.97 Å². The summed E-state index contributed by atoms with van der Waals surface area (Å²) in [5.41, 5.74) is 1.88. The van der Waals surface area contributed by atoms with E-state index < -0.39 is 33.1 Å². The summed E-state index contributed by atoms with van der Waals surface area (Å²) in [6, 6.07) is 4.02. The Morgan fingerprint density at radius 2 is 2.19 bits per heavy atom. The summed E-state index contributed by atoms with van der Waals surface area (Å²) < 4.78 is 29.9. The molecule has 0 amide bonds. The van der Waals surface area contributed by atoms with E-state index in [1.54, 1.807) is 13.2 Å². The standard InChI is InChI=1S/C14H17NO5S/c1-20-9-4-2-8-3-5-12-13(10(8)6-9)15-11(14(16)17)7-21(12,18)19/h2,4,6,11-13,15H,3,5,7H2,1H3,(H,16,17). The second-order valence-electron chi connectivity index (χ2n) is 5.51. The molecule has 2 N–H and O–H groups in total. The van der Waals surface area contributed by atoms with Gasteiger partial charge in [0, 0.05) is 0 Å². The molecule has 1 heterocycles. The molecule has 0 bridgehead atoms. The smallest absolute Gasteiger partial charge is 0.321 e. The number of nitrogens with one attached hydrogen (secondary N) is 1. The molecule has 3 atom stereocenters. The van der Waals surface area contributed by atoms with Crippen LogP contribution in [0.5, 0.6) is 5.75 Å². The van der Waals surface area contributed by atoms with Gasteiger partial charge in [-0.3, -0.25) is 10.1 Å². The predicted octanol–water partition coefficient (Wildman–Crippen LogP) is 0.522. The summed E-state index contributed by atoms with van der Waals surface area (Å²) in [5.74, 6) is -0.832. The van der Waals surface area contributed by atoms with Gasteiger partial charge in [0.05, 0.1) is 24.2 Å². The Hall–Kier alpha value is -1.60. The van der Waals surface area contributed by atoms with Crippen LogP contribution in [0.15, 0.2) is 18.2 Å². The van der Waals surface area contributed by atoms with E-state index in [2.05, 4.69) is 5.32 Å². The lowest BCUT2D eigenvalue weighted by Crippen LogP contribution is -2.56. The van der Waals surface area contributed by atoms with Crippen LogP contribution < -0.4 is 10.1 Å². The SMILES string of the molecule is COc1ccc2c(c1)C1NC(C(=O)O)CS(=O)(=O)C1CC2. The van der Waals surface area contributed by atoms with E-state index in [4.69, 9.17) is 9.84 Å². The number of carbonyl (C=O) groups is 1. The van der Waals surface area contributed by atoms with Gasteiger partial charge in [0.2, 0.25) is 0 Å². The minimum Gasteiger partial charge on any atom is -0.497 e. The molecule has 0 spiro atoms. The second-order valence-corrected chi connectivity index (χ2v) is 7.77. The molecule has 0 saturated carbocycles. The number of sulfone groups is 1. The van der Waals surface area contributed by atoms with Crippen LogP contribution in [0.1, 0.15) is 23.6 Å². The van der Waals surface area contributed by atoms with Gasteiger partial charge in [0.1, 0.15) is 11.8 Å². The fourth-order valence-electron chi connectivity index (χ4n) is 3.23. The number of hydrogen-bond donors (Lipinski definition) is 2. The van der Waals surface area contributed by atoms with E-state index in [-0.39, 0.29) is 5.75 Å². The van der Waals surface area contributed by atoms with Crippen molar-refractivity contribution >= 4 is 15.8 Å². The van der Waals surface area contributed by atoms with Crippen molar-refractivity contribution in [3.63, 3.8) is 0 Å². The van der Waals surface area contributed by atoms with E-state index >= 15 is 0 Å². The van der Waals surface area contributed by atoms with Crippen LogP contribution in [0, 0.1) is 0 Å². The van der Waals surface area contributed by atoms with E-state index in [0.29, 0.717) is 18.6 Å². The van der Waals surface area contributed by atoms with E-state index in [1.807, 2.05) is 12.1 Å². The Morgan fingerprint density at radius 1 is 1.43 bits per heavy atom. The van der Waals surface area contributed by atoms with Gasteiger partial charge in [-0.1, -0.05) is 6.07 Å². The first kappa shape index (κ1) is 14.3. The molecule has 6 nitrogen and oxygen atoms in total. The monoisotopic (exact) mass is 311 g/mol. The normalized spacial score (nSPS) is 30.0. The van der Waals surface area contributed by atoms with Gasteiger partial charge in [-0.05, 0) is 36.1 Å². The highest BCUT2D eigenvalue weighted by molar-refractivity contribution is 7.92. The van der Waals surface area contributed by atoms with Gasteiger partial charge in [-0.15, -0.1) is 0 Å². The minimum absolute atomic E-state index is 0.344. The van der Waals surface area contributed by atoms with Crippen molar-refractivity contribution in [3.8, 4) is 5.75 Å². The fourth-order valence-corrected chi connectivity index (χ4v) is 5.30. The molecule has 2 aliphatic rings. The van der Waals surface area contributed by atoms with E-state index in [9.17, 15) is 13.2 Å². The first-order chi connectivity index (χ1) is 9.92. The summed E-state index contributed by atoms with van der Waals surface area (Å²) in [6.07, 6.45) is 1.20. The lowest BCUT2D eigenvalue weighted by molar-refractivity contribution is -0.139. The second kappa shape index (κ2) is 4.99. The third kappa shape index (κ3) is 2.40. The summed E-state index contributed by atoms with van der Waals surface area (Å²) in [7, 11) is -1.88. The number of fused-ring (bicyclic) bond motifs is 3. The molecule has 1 saturated heterocycles.